The van der Waals surface area contributed by atoms with Gasteiger partial charge in [-0.3, -0.25) is 4.99 Å². The summed E-state index contributed by atoms with van der Waals surface area (Å²) in [4.78, 5) is 5.88. The van der Waals surface area contributed by atoms with Crippen molar-refractivity contribution in [3.63, 3.8) is 0 Å². The van der Waals surface area contributed by atoms with Crippen molar-refractivity contribution in [2.24, 2.45) is 10.9 Å². The average molecular weight is 372 g/mol. The van der Waals surface area contributed by atoms with Gasteiger partial charge in [0.2, 0.25) is 0 Å². The van der Waals surface area contributed by atoms with Crippen LogP contribution in [0.15, 0.2) is 29.3 Å². The van der Waals surface area contributed by atoms with Crippen molar-refractivity contribution in [2.75, 3.05) is 23.4 Å². The van der Waals surface area contributed by atoms with Crippen LogP contribution in [0.3, 0.4) is 0 Å². The van der Waals surface area contributed by atoms with Crippen LogP contribution < -0.4 is 15.3 Å². The molecule has 0 aliphatic carbocycles. The van der Waals surface area contributed by atoms with E-state index in [1.54, 1.807) is 6.67 Å². The van der Waals surface area contributed by atoms with Crippen LogP contribution in [0.2, 0.25) is 0 Å². The molecule has 2 rings (SSSR count). The topological polar surface area (TPSA) is 70.9 Å². The first-order valence-electron chi connectivity index (χ1n) is 6.42. The molecular weight excluding hydrogens is 349 g/mol. The second-order valence-electron chi connectivity index (χ2n) is 4.94. The molecule has 1 aliphatic heterocycles. The average Bonchev–Trinajstić information content (AvgIpc) is 2.79. The predicted octanol–water partition coefficient (Wildman–Crippen LogP) is 1.30. The third kappa shape index (κ3) is 3.95. The molecule has 0 saturated carbocycles. The number of anilines is 2. The summed E-state index contributed by atoms with van der Waals surface area (Å²) in [6, 6.07) is 7.45. The maximum atomic E-state index is 11.9. The Morgan fingerprint density at radius 1 is 1.45 bits per heavy atom. The van der Waals surface area contributed by atoms with Crippen LogP contribution in [0.5, 0.6) is 0 Å². The van der Waals surface area contributed by atoms with Gasteiger partial charge in [-0.2, -0.15) is 0 Å². The van der Waals surface area contributed by atoms with E-state index in [0.29, 0.717) is 0 Å². The number of para-hydroxylation sites is 2. The molecule has 1 aliphatic rings. The third-order valence-corrected chi connectivity index (χ3v) is 3.16. The predicted molar refractivity (Wildman–Crippen MR) is 79.1 cm³/mol. The molecule has 2 N–H and O–H groups in total. The monoisotopic (exact) mass is 371 g/mol. The summed E-state index contributed by atoms with van der Waals surface area (Å²) in [7, 11) is 0. The molecule has 117 valence electrons. The first-order valence-corrected chi connectivity index (χ1v) is 6.42. The van der Waals surface area contributed by atoms with Gasteiger partial charge >= 0.3 is 0 Å². The Labute approximate surface area is 136 Å². The molecule has 0 fully saturated rings. The van der Waals surface area contributed by atoms with Crippen molar-refractivity contribution in [1.29, 1.82) is 0 Å². The molecule has 0 saturated heterocycles. The van der Waals surface area contributed by atoms with Crippen molar-refractivity contribution in [3.05, 3.63) is 30.9 Å². The molecule has 0 bridgehead atoms. The van der Waals surface area contributed by atoms with Gasteiger partial charge in [-0.1, -0.05) is 26.0 Å². The van der Waals surface area contributed by atoms with E-state index in [4.69, 9.17) is 0 Å². The van der Waals surface area contributed by atoms with E-state index in [1.165, 1.54) is 0 Å². The van der Waals surface area contributed by atoms with E-state index in [0.717, 1.165) is 11.4 Å². The number of nitrogens with one attached hydrogen (secondary N) is 1. The fraction of sp³-hybridized carbons (Fsp3) is 0.429. The van der Waals surface area contributed by atoms with Crippen LogP contribution in [0, 0.1) is 12.6 Å². The Balaban J connectivity index is 0. The van der Waals surface area contributed by atoms with Gasteiger partial charge in [0.15, 0.2) is 0 Å². The zero-order valence-corrected chi connectivity index (χ0v) is 13.1. The van der Waals surface area contributed by atoms with Crippen molar-refractivity contribution >= 4 is 17.3 Å². The fourth-order valence-electron chi connectivity index (χ4n) is 1.97. The summed E-state index contributed by atoms with van der Waals surface area (Å²) in [6.07, 6.45) is 0. The van der Waals surface area contributed by atoms with E-state index >= 15 is 0 Å². The van der Waals surface area contributed by atoms with Crippen LogP contribution in [0.1, 0.15) is 16.7 Å². The molecule has 0 aromatic heterocycles. The molecule has 20 heavy (non-hydrogen) atoms. The van der Waals surface area contributed by atoms with Crippen LogP contribution in [-0.2, 0) is 20.4 Å². The number of hydrogen-bond donors (Lipinski definition) is 2. The molecule has 0 spiro atoms. The molecular formula is C14H23N3O2Pd-. The minimum absolute atomic E-state index is 0. The van der Waals surface area contributed by atoms with Crippen LogP contribution >= 0.6 is 0 Å². The van der Waals surface area contributed by atoms with Crippen molar-refractivity contribution in [3.8, 4) is 0 Å². The Bertz CT molecular complexity index is 475. The molecule has 1 radical (unpaired) electrons. The Hall–Kier alpha value is -1.09. The number of aliphatic hydroxyl groups excluding tert-OH is 1. The zero-order chi connectivity index (χ0) is 13.8. The number of aliphatic imine (C=N–C) groups is 1. The third-order valence-electron chi connectivity index (χ3n) is 3.16. The van der Waals surface area contributed by atoms with Gasteiger partial charge in [0.05, 0.1) is 24.0 Å². The van der Waals surface area contributed by atoms with Gasteiger partial charge in [0.25, 0.3) is 0 Å². The van der Waals surface area contributed by atoms with E-state index in [1.807, 2.05) is 43.0 Å². The van der Waals surface area contributed by atoms with E-state index in [2.05, 4.69) is 10.3 Å². The maximum Gasteiger partial charge on any atom is 0.139 e. The van der Waals surface area contributed by atoms with Crippen LogP contribution in [0.4, 0.5) is 11.4 Å². The number of rotatable bonds is 5. The number of aliphatic hydroxyl groups is 1. The number of benzene rings is 1. The summed E-state index contributed by atoms with van der Waals surface area (Å²) >= 11 is 0. The van der Waals surface area contributed by atoms with Gasteiger partial charge in [0, 0.05) is 29.8 Å². The molecule has 1 heterocycles. The SMILES string of the molecule is CC(C)[C@@H](CO)N=C([O-])CN1[CH]Nc2ccccc21.[HH].[HH].[Pd]. The molecule has 0 unspecified atom stereocenters. The van der Waals surface area contributed by atoms with Gasteiger partial charge < -0.3 is 20.4 Å². The first-order chi connectivity index (χ1) is 9.11. The minimum Gasteiger partial charge on any atom is -0.861 e. The van der Waals surface area contributed by atoms with E-state index < -0.39 is 0 Å². The summed E-state index contributed by atoms with van der Waals surface area (Å²) < 4.78 is 0. The van der Waals surface area contributed by atoms with Crippen molar-refractivity contribution < 1.29 is 33.5 Å². The Morgan fingerprint density at radius 2 is 2.15 bits per heavy atom. The number of nitrogens with zero attached hydrogens (tertiary/aromatic N) is 2. The summed E-state index contributed by atoms with van der Waals surface area (Å²) in [5.74, 6) is -0.0654. The summed E-state index contributed by atoms with van der Waals surface area (Å²) in [6.45, 7) is 5.74. The quantitative estimate of drug-likeness (QED) is 0.465. The normalized spacial score (nSPS) is 15.6. The summed E-state index contributed by atoms with van der Waals surface area (Å²) in [5, 5.41) is 24.2. The van der Waals surface area contributed by atoms with Crippen molar-refractivity contribution in [2.45, 2.75) is 19.9 Å². The smallest absolute Gasteiger partial charge is 0.139 e. The van der Waals surface area contributed by atoms with Crippen LogP contribution in [-0.4, -0.2) is 30.2 Å². The molecule has 5 nitrogen and oxygen atoms in total. The largest absolute Gasteiger partial charge is 0.861 e. The van der Waals surface area contributed by atoms with Gasteiger partial charge in [-0.05, 0) is 23.9 Å². The van der Waals surface area contributed by atoms with Gasteiger partial charge in [-0.15, -0.1) is 0 Å². The Morgan fingerprint density at radius 3 is 2.80 bits per heavy atom. The zero-order valence-electron chi connectivity index (χ0n) is 11.5. The molecule has 1 atom stereocenters. The molecule has 1 aromatic rings. The second kappa shape index (κ2) is 7.63. The maximum absolute atomic E-state index is 11.9. The van der Waals surface area contributed by atoms with Crippen molar-refractivity contribution in [1.82, 2.24) is 0 Å². The van der Waals surface area contributed by atoms with E-state index in [9.17, 15) is 10.2 Å². The first kappa shape index (κ1) is 17.0. The second-order valence-corrected chi connectivity index (χ2v) is 4.94. The molecule has 0 amide bonds. The number of fused-ring (bicyclic) bond motifs is 1. The number of hydrogen-bond acceptors (Lipinski definition) is 5. The van der Waals surface area contributed by atoms with Crippen LogP contribution in [0.25, 0.3) is 0 Å². The Kier molecular flexibility index (Phi) is 6.47. The minimum atomic E-state index is -0.321. The summed E-state index contributed by atoms with van der Waals surface area (Å²) in [5.41, 5.74) is 1.95. The molecule has 1 aromatic carbocycles. The van der Waals surface area contributed by atoms with Gasteiger partial charge in [-0.25, -0.2) is 0 Å². The van der Waals surface area contributed by atoms with E-state index in [-0.39, 0.29) is 54.3 Å². The van der Waals surface area contributed by atoms with Gasteiger partial charge in [0.1, 0.15) is 6.67 Å². The standard InChI is InChI=1S/C14H20N3O2.Pd.2H2/c1-10(2)12(8-18)16-14(19)7-17-9-15-11-5-3-4-6-13(11)17;;;/h3-6,9-10,12,15,18H,7-8H2,1-2H3,(H,16,19);;2*1H/p-1/t12-;;;/m1.../s1. The molecule has 6 heteroatoms. The fourth-order valence-corrected chi connectivity index (χ4v) is 1.97.